The molecule has 96 valence electrons. The summed E-state index contributed by atoms with van der Waals surface area (Å²) in [5, 5.41) is 12.1. The monoisotopic (exact) mass is 240 g/mol. The summed E-state index contributed by atoms with van der Waals surface area (Å²) < 4.78 is 10.9. The first-order valence-electron chi connectivity index (χ1n) is 5.65. The lowest BCUT2D eigenvalue weighted by Gasteiger charge is -2.11. The third kappa shape index (κ3) is 5.04. The van der Waals surface area contributed by atoms with Crippen LogP contribution in [0.1, 0.15) is 5.56 Å². The van der Waals surface area contributed by atoms with Crippen LogP contribution in [-0.4, -0.2) is 38.5 Å². The predicted molar refractivity (Wildman–Crippen MR) is 66.3 cm³/mol. The van der Waals surface area contributed by atoms with E-state index in [-0.39, 0.29) is 6.61 Å². The van der Waals surface area contributed by atoms with Gasteiger partial charge in [0.15, 0.2) is 0 Å². The van der Waals surface area contributed by atoms with Crippen LogP contribution in [0.5, 0.6) is 11.5 Å². The van der Waals surface area contributed by atoms with Crippen LogP contribution in [0.2, 0.25) is 0 Å². The highest BCUT2D eigenvalue weighted by Gasteiger charge is 2.02. The number of aliphatic hydroxyl groups excluding tert-OH is 1. The zero-order valence-corrected chi connectivity index (χ0v) is 10.1. The number of nitrogens with two attached hydrogens (primary N) is 1. The van der Waals surface area contributed by atoms with Gasteiger partial charge in [-0.15, -0.1) is 0 Å². The molecular formula is C12H20N2O3. The summed E-state index contributed by atoms with van der Waals surface area (Å²) in [4.78, 5) is 0. The van der Waals surface area contributed by atoms with Crippen molar-refractivity contribution in [3.63, 3.8) is 0 Å². The van der Waals surface area contributed by atoms with E-state index >= 15 is 0 Å². The average molecular weight is 240 g/mol. The van der Waals surface area contributed by atoms with Crippen LogP contribution in [0.3, 0.4) is 0 Å². The lowest BCUT2D eigenvalue weighted by Crippen LogP contribution is -2.16. The van der Waals surface area contributed by atoms with Crippen LogP contribution >= 0.6 is 0 Å². The van der Waals surface area contributed by atoms with Gasteiger partial charge in [0.25, 0.3) is 0 Å². The Morgan fingerprint density at radius 3 is 2.35 bits per heavy atom. The molecular weight excluding hydrogens is 220 g/mol. The molecule has 0 aliphatic carbocycles. The molecule has 17 heavy (non-hydrogen) atoms. The van der Waals surface area contributed by atoms with Gasteiger partial charge in [0, 0.05) is 19.2 Å². The normalized spacial score (nSPS) is 10.3. The van der Waals surface area contributed by atoms with Gasteiger partial charge in [-0.1, -0.05) is 0 Å². The van der Waals surface area contributed by atoms with Crippen molar-refractivity contribution in [1.29, 1.82) is 0 Å². The summed E-state index contributed by atoms with van der Waals surface area (Å²) >= 11 is 0. The summed E-state index contributed by atoms with van der Waals surface area (Å²) in [7, 11) is 1.86. The molecule has 0 aliphatic heterocycles. The van der Waals surface area contributed by atoms with Gasteiger partial charge >= 0.3 is 0 Å². The zero-order chi connectivity index (χ0) is 12.5. The Morgan fingerprint density at radius 1 is 1.18 bits per heavy atom. The van der Waals surface area contributed by atoms with E-state index in [9.17, 15) is 0 Å². The Balaban J connectivity index is 2.67. The largest absolute Gasteiger partial charge is 0.492 e. The van der Waals surface area contributed by atoms with Crippen molar-refractivity contribution in [2.75, 3.05) is 33.4 Å². The standard InChI is InChI=1S/C12H20N2O3/c1-14-3-5-17-12-7-10(9-15)6-11(8-12)16-4-2-13/h6-8,14-15H,2-5,9,13H2,1H3. The quantitative estimate of drug-likeness (QED) is 0.562. The second-order valence-electron chi connectivity index (χ2n) is 3.56. The van der Waals surface area contributed by atoms with Gasteiger partial charge in [0.05, 0.1) is 6.61 Å². The third-order valence-corrected chi connectivity index (χ3v) is 2.13. The lowest BCUT2D eigenvalue weighted by molar-refractivity contribution is 0.275. The van der Waals surface area contributed by atoms with E-state index in [0.29, 0.717) is 31.3 Å². The van der Waals surface area contributed by atoms with E-state index in [1.165, 1.54) is 0 Å². The van der Waals surface area contributed by atoms with Gasteiger partial charge in [0.2, 0.25) is 0 Å². The van der Waals surface area contributed by atoms with Gasteiger partial charge in [-0.3, -0.25) is 0 Å². The van der Waals surface area contributed by atoms with Crippen LogP contribution < -0.4 is 20.5 Å². The number of benzene rings is 1. The van der Waals surface area contributed by atoms with Crippen LogP contribution in [0.25, 0.3) is 0 Å². The molecule has 1 rings (SSSR count). The Labute approximate surface area is 102 Å². The molecule has 1 aromatic carbocycles. The molecule has 4 N–H and O–H groups in total. The summed E-state index contributed by atoms with van der Waals surface area (Å²) in [6.45, 7) is 2.20. The first-order chi connectivity index (χ1) is 8.30. The number of aliphatic hydroxyl groups is 1. The summed E-state index contributed by atoms with van der Waals surface area (Å²) in [6.07, 6.45) is 0. The second kappa shape index (κ2) is 7.89. The molecule has 0 amide bonds. The second-order valence-corrected chi connectivity index (χ2v) is 3.56. The minimum absolute atomic E-state index is 0.0395. The Hall–Kier alpha value is -1.30. The number of ether oxygens (including phenoxy) is 2. The predicted octanol–water partition coefficient (Wildman–Crippen LogP) is 0.115. The van der Waals surface area contributed by atoms with Crippen LogP contribution in [0.4, 0.5) is 0 Å². The first kappa shape index (κ1) is 13.8. The smallest absolute Gasteiger partial charge is 0.123 e. The minimum Gasteiger partial charge on any atom is -0.492 e. The summed E-state index contributed by atoms with van der Waals surface area (Å²) in [6, 6.07) is 5.37. The SMILES string of the molecule is CNCCOc1cc(CO)cc(OCCN)c1. The van der Waals surface area contributed by atoms with Crippen molar-refractivity contribution in [2.45, 2.75) is 6.61 Å². The van der Waals surface area contributed by atoms with Gasteiger partial charge in [0.1, 0.15) is 24.7 Å². The van der Waals surface area contributed by atoms with Gasteiger partial charge in [-0.25, -0.2) is 0 Å². The molecule has 0 fully saturated rings. The fourth-order valence-corrected chi connectivity index (χ4v) is 1.34. The van der Waals surface area contributed by atoms with E-state index in [0.717, 1.165) is 12.1 Å². The molecule has 0 bridgehead atoms. The molecule has 0 unspecified atom stereocenters. The lowest BCUT2D eigenvalue weighted by atomic mass is 10.2. The third-order valence-electron chi connectivity index (χ3n) is 2.13. The molecule has 0 aliphatic rings. The Morgan fingerprint density at radius 2 is 1.82 bits per heavy atom. The van der Waals surface area contributed by atoms with E-state index in [1.807, 2.05) is 7.05 Å². The van der Waals surface area contributed by atoms with E-state index in [1.54, 1.807) is 18.2 Å². The number of rotatable bonds is 8. The van der Waals surface area contributed by atoms with Crippen LogP contribution in [0, 0.1) is 0 Å². The van der Waals surface area contributed by atoms with Crippen molar-refractivity contribution in [3.05, 3.63) is 23.8 Å². The summed E-state index contributed by atoms with van der Waals surface area (Å²) in [5.74, 6) is 1.36. The Bertz CT molecular complexity index is 332. The minimum atomic E-state index is -0.0395. The number of likely N-dealkylation sites (N-methyl/N-ethyl adjacent to an activating group) is 1. The molecule has 0 saturated carbocycles. The first-order valence-corrected chi connectivity index (χ1v) is 5.65. The summed E-state index contributed by atoms with van der Waals surface area (Å²) in [5.41, 5.74) is 6.13. The fourth-order valence-electron chi connectivity index (χ4n) is 1.34. The van der Waals surface area contributed by atoms with Crippen molar-refractivity contribution in [1.82, 2.24) is 5.32 Å². The van der Waals surface area contributed by atoms with E-state index in [4.69, 9.17) is 20.3 Å². The van der Waals surface area contributed by atoms with Crippen molar-refractivity contribution in [3.8, 4) is 11.5 Å². The van der Waals surface area contributed by atoms with Gasteiger partial charge < -0.3 is 25.6 Å². The maximum absolute atomic E-state index is 9.14. The molecule has 5 nitrogen and oxygen atoms in total. The number of hydrogen-bond donors (Lipinski definition) is 3. The van der Waals surface area contributed by atoms with Crippen molar-refractivity contribution < 1.29 is 14.6 Å². The highest BCUT2D eigenvalue weighted by molar-refractivity contribution is 5.38. The van der Waals surface area contributed by atoms with Crippen LogP contribution in [0.15, 0.2) is 18.2 Å². The molecule has 0 aromatic heterocycles. The van der Waals surface area contributed by atoms with E-state index < -0.39 is 0 Å². The van der Waals surface area contributed by atoms with E-state index in [2.05, 4.69) is 5.32 Å². The number of hydrogen-bond acceptors (Lipinski definition) is 5. The topological polar surface area (TPSA) is 76.7 Å². The molecule has 0 saturated heterocycles. The average Bonchev–Trinajstić information content (AvgIpc) is 2.36. The molecule has 0 spiro atoms. The molecule has 0 atom stereocenters. The fraction of sp³-hybridized carbons (Fsp3) is 0.500. The van der Waals surface area contributed by atoms with Crippen molar-refractivity contribution >= 4 is 0 Å². The highest BCUT2D eigenvalue weighted by atomic mass is 16.5. The maximum atomic E-state index is 9.14. The number of nitrogens with one attached hydrogen (secondary N) is 1. The molecule has 0 radical (unpaired) electrons. The highest BCUT2D eigenvalue weighted by Crippen LogP contribution is 2.23. The maximum Gasteiger partial charge on any atom is 0.123 e. The zero-order valence-electron chi connectivity index (χ0n) is 10.1. The Kier molecular flexibility index (Phi) is 6.39. The molecule has 5 heteroatoms. The van der Waals surface area contributed by atoms with Gasteiger partial charge in [-0.05, 0) is 24.7 Å². The van der Waals surface area contributed by atoms with Gasteiger partial charge in [-0.2, -0.15) is 0 Å². The van der Waals surface area contributed by atoms with Crippen LogP contribution in [-0.2, 0) is 6.61 Å². The van der Waals surface area contributed by atoms with Crippen molar-refractivity contribution in [2.24, 2.45) is 5.73 Å². The molecule has 0 heterocycles. The molecule has 1 aromatic rings.